The first kappa shape index (κ1) is 14.0. The summed E-state index contributed by atoms with van der Waals surface area (Å²) in [7, 11) is -3.66. The zero-order chi connectivity index (χ0) is 15.5. The van der Waals surface area contributed by atoms with Crippen LogP contribution in [0.15, 0.2) is 12.7 Å². The third kappa shape index (κ3) is 2.02. The summed E-state index contributed by atoms with van der Waals surface area (Å²) in [5.74, 6) is 0.222. The lowest BCUT2D eigenvalue weighted by Gasteiger charge is -2.29. The van der Waals surface area contributed by atoms with Crippen molar-refractivity contribution < 1.29 is 23.5 Å². The van der Waals surface area contributed by atoms with Gasteiger partial charge in [0, 0.05) is 0 Å². The topological polar surface area (TPSA) is 161 Å². The molecule has 2 aromatic rings. The Morgan fingerprint density at radius 1 is 1.41 bits per heavy atom. The summed E-state index contributed by atoms with van der Waals surface area (Å²) in [6.07, 6.45) is -0.675. The van der Waals surface area contributed by atoms with Gasteiger partial charge in [-0.2, -0.15) is 0 Å². The van der Waals surface area contributed by atoms with Gasteiger partial charge in [-0.3, -0.25) is 13.6 Å². The van der Waals surface area contributed by atoms with Gasteiger partial charge >= 0.3 is 7.75 Å². The molecule has 0 bridgehead atoms. The average Bonchev–Trinajstić information content (AvgIpc) is 3.01. The average molecular weight is 328 g/mol. The van der Waals surface area contributed by atoms with Crippen LogP contribution in [0.25, 0.3) is 11.2 Å². The van der Waals surface area contributed by atoms with Crippen LogP contribution in [0.4, 0.5) is 5.82 Å². The summed E-state index contributed by atoms with van der Waals surface area (Å²) >= 11 is 0. The summed E-state index contributed by atoms with van der Waals surface area (Å²) in [6.45, 7) is -0.0320. The summed E-state index contributed by atoms with van der Waals surface area (Å²) in [4.78, 5) is 12.1. The van der Waals surface area contributed by atoms with E-state index in [1.54, 1.807) is 0 Å². The van der Waals surface area contributed by atoms with Crippen LogP contribution in [0.1, 0.15) is 6.23 Å². The van der Waals surface area contributed by atoms with Crippen LogP contribution >= 0.6 is 7.75 Å². The molecule has 0 saturated carbocycles. The van der Waals surface area contributed by atoms with Crippen molar-refractivity contribution in [2.75, 3.05) is 12.3 Å². The maximum Gasteiger partial charge on any atom is 0.403 e. The van der Waals surface area contributed by atoms with Crippen LogP contribution in [0.2, 0.25) is 0 Å². The molecule has 0 unspecified atom stereocenters. The number of fused-ring (bicyclic) bond motifs is 2. The molecular weight excluding hydrogens is 315 g/mol. The smallest absolute Gasteiger partial charge is 0.386 e. The number of nitrogen functional groups attached to an aromatic ring is 1. The van der Waals surface area contributed by atoms with Crippen molar-refractivity contribution in [2.24, 2.45) is 5.50 Å². The highest BCUT2D eigenvalue weighted by Gasteiger charge is 2.52. The Labute approximate surface area is 123 Å². The molecule has 4 heterocycles. The number of nitrogens with two attached hydrogens (primary N) is 2. The molecule has 0 radical (unpaired) electrons. The normalized spacial score (nSPS) is 38.3. The predicted molar refractivity (Wildman–Crippen MR) is 72.3 cm³/mol. The van der Waals surface area contributed by atoms with Crippen LogP contribution in [0, 0.1) is 0 Å². The van der Waals surface area contributed by atoms with Crippen LogP contribution in [0.5, 0.6) is 0 Å². The fourth-order valence-corrected chi connectivity index (χ4v) is 3.66. The molecule has 2 aliphatic rings. The summed E-state index contributed by atoms with van der Waals surface area (Å²) < 4.78 is 28.9. The van der Waals surface area contributed by atoms with Crippen molar-refractivity contribution in [1.29, 1.82) is 0 Å². The van der Waals surface area contributed by atoms with Gasteiger partial charge in [-0.05, 0) is 0 Å². The van der Waals surface area contributed by atoms with Gasteiger partial charge in [0.1, 0.15) is 30.2 Å². The molecular formula is C10H13N6O5P. The summed E-state index contributed by atoms with van der Waals surface area (Å²) in [5, 5.41) is 10.4. The molecule has 22 heavy (non-hydrogen) atoms. The number of aromatic nitrogens is 4. The molecule has 0 spiro atoms. The monoisotopic (exact) mass is 328 g/mol. The Bertz CT molecular complexity index is 782. The number of aliphatic hydroxyl groups excluding tert-OH is 1. The maximum atomic E-state index is 11.7. The highest BCUT2D eigenvalue weighted by atomic mass is 31.2. The Balaban J connectivity index is 1.71. The Morgan fingerprint density at radius 2 is 2.23 bits per heavy atom. The van der Waals surface area contributed by atoms with Gasteiger partial charge in [0.2, 0.25) is 0 Å². The van der Waals surface area contributed by atoms with Gasteiger partial charge in [-0.15, -0.1) is 0 Å². The standard InChI is InChI=1S/C10H13N6O5P/c11-8-5-9(14-2-13-8)16(3-15-5)10-6(17)7-4(20-10)1-19-22(12,18)21-7/h2-4,6-7,10,17H,1H2,(H2,12,18)(H2,11,13,14)/t4-,6-,7-,10-,22-/m1/s1. The van der Waals surface area contributed by atoms with E-state index in [2.05, 4.69) is 15.0 Å². The number of anilines is 1. The largest absolute Gasteiger partial charge is 0.403 e. The Hall–Kier alpha value is -1.62. The molecule has 0 amide bonds. The number of aliphatic hydroxyl groups is 1. The second-order valence-corrected chi connectivity index (χ2v) is 6.59. The highest BCUT2D eigenvalue weighted by Crippen LogP contribution is 2.50. The number of nitrogens with zero attached hydrogens (tertiary/aromatic N) is 4. The van der Waals surface area contributed by atoms with Crippen molar-refractivity contribution in [1.82, 2.24) is 19.5 Å². The third-order valence-corrected chi connectivity index (χ3v) is 4.70. The third-order valence-electron chi connectivity index (χ3n) is 3.66. The van der Waals surface area contributed by atoms with E-state index in [9.17, 15) is 9.67 Å². The minimum atomic E-state index is -3.66. The predicted octanol–water partition coefficient (Wildman–Crippen LogP) is -0.851. The van der Waals surface area contributed by atoms with E-state index >= 15 is 0 Å². The molecule has 2 aromatic heterocycles. The van der Waals surface area contributed by atoms with Crippen LogP contribution < -0.4 is 11.2 Å². The summed E-state index contributed by atoms with van der Waals surface area (Å²) in [5.41, 5.74) is 11.9. The number of hydrogen-bond acceptors (Lipinski definition) is 9. The van der Waals surface area contributed by atoms with E-state index in [4.69, 9.17) is 25.0 Å². The molecule has 5 N–H and O–H groups in total. The van der Waals surface area contributed by atoms with Gasteiger partial charge in [-0.25, -0.2) is 25.0 Å². The van der Waals surface area contributed by atoms with Crippen molar-refractivity contribution in [2.45, 2.75) is 24.5 Å². The first-order valence-corrected chi connectivity index (χ1v) is 8.05. The van der Waals surface area contributed by atoms with Crippen molar-refractivity contribution in [3.8, 4) is 0 Å². The lowest BCUT2D eigenvalue weighted by molar-refractivity contribution is -0.0584. The zero-order valence-electron chi connectivity index (χ0n) is 11.1. The van der Waals surface area contributed by atoms with Crippen molar-refractivity contribution >= 4 is 24.7 Å². The van der Waals surface area contributed by atoms with E-state index in [0.29, 0.717) is 11.2 Å². The van der Waals surface area contributed by atoms with Gasteiger partial charge < -0.3 is 15.6 Å². The van der Waals surface area contributed by atoms with E-state index in [0.717, 1.165) is 0 Å². The SMILES string of the molecule is Nc1ncnc2c1ncn2[C@@H]1O[C@@H]2CO[P@@](N)(=O)O[C@H]2[C@H]1O. The Kier molecular flexibility index (Phi) is 2.98. The van der Waals surface area contributed by atoms with E-state index in [-0.39, 0.29) is 12.4 Å². The van der Waals surface area contributed by atoms with Gasteiger partial charge in [0.05, 0.1) is 12.9 Å². The van der Waals surface area contributed by atoms with Crippen LogP contribution in [-0.2, 0) is 18.3 Å². The van der Waals surface area contributed by atoms with E-state index < -0.39 is 32.3 Å². The van der Waals surface area contributed by atoms with Gasteiger partial charge in [0.25, 0.3) is 0 Å². The number of imidazole rings is 1. The molecule has 2 fully saturated rings. The first-order chi connectivity index (χ1) is 10.5. The van der Waals surface area contributed by atoms with Crippen LogP contribution in [-0.4, -0.2) is 49.5 Å². The molecule has 12 heteroatoms. The summed E-state index contributed by atoms with van der Waals surface area (Å²) in [6, 6.07) is 0. The second kappa shape index (κ2) is 4.69. The zero-order valence-corrected chi connectivity index (χ0v) is 12.0. The molecule has 11 nitrogen and oxygen atoms in total. The molecule has 0 aromatic carbocycles. The molecule has 2 aliphatic heterocycles. The lowest BCUT2D eigenvalue weighted by Crippen LogP contribution is -2.40. The molecule has 5 atom stereocenters. The second-order valence-electron chi connectivity index (χ2n) is 5.04. The number of rotatable bonds is 1. The fraction of sp³-hybridized carbons (Fsp3) is 0.500. The molecule has 4 rings (SSSR count). The van der Waals surface area contributed by atoms with Gasteiger partial charge in [-0.1, -0.05) is 0 Å². The van der Waals surface area contributed by atoms with Crippen molar-refractivity contribution in [3.63, 3.8) is 0 Å². The van der Waals surface area contributed by atoms with Gasteiger partial charge in [0.15, 0.2) is 17.7 Å². The van der Waals surface area contributed by atoms with Crippen LogP contribution in [0.3, 0.4) is 0 Å². The molecule has 0 aliphatic carbocycles. The van der Waals surface area contributed by atoms with E-state index in [1.807, 2.05) is 0 Å². The maximum absolute atomic E-state index is 11.7. The molecule has 2 saturated heterocycles. The molecule has 118 valence electrons. The fourth-order valence-electron chi connectivity index (χ4n) is 2.65. The number of ether oxygens (including phenoxy) is 1. The highest BCUT2D eigenvalue weighted by molar-refractivity contribution is 7.51. The first-order valence-electron chi connectivity index (χ1n) is 6.44. The lowest BCUT2D eigenvalue weighted by atomic mass is 10.1. The minimum absolute atomic E-state index is 0.0320. The van der Waals surface area contributed by atoms with E-state index in [1.165, 1.54) is 17.2 Å². The minimum Gasteiger partial charge on any atom is -0.386 e. The van der Waals surface area contributed by atoms with Crippen molar-refractivity contribution in [3.05, 3.63) is 12.7 Å². The number of hydrogen-bond donors (Lipinski definition) is 3. The Morgan fingerprint density at radius 3 is 3.05 bits per heavy atom. The quantitative estimate of drug-likeness (QED) is 0.562.